The molecule has 2 rings (SSSR count). The van der Waals surface area contributed by atoms with Crippen molar-refractivity contribution in [2.75, 3.05) is 24.7 Å². The van der Waals surface area contributed by atoms with Gasteiger partial charge in [-0.25, -0.2) is 9.59 Å². The van der Waals surface area contributed by atoms with Crippen LogP contribution in [0.25, 0.3) is 12.2 Å². The Labute approximate surface area is 199 Å². The van der Waals surface area contributed by atoms with Gasteiger partial charge in [-0.15, -0.1) is 0 Å². The Balaban J connectivity index is 2.08. The molecule has 0 saturated heterocycles. The molecular formula is C27H28N2O5. The van der Waals surface area contributed by atoms with Crippen LogP contribution in [0.15, 0.2) is 66.8 Å². The largest absolute Gasteiger partial charge is 0.507 e. The molecule has 176 valence electrons. The zero-order valence-corrected chi connectivity index (χ0v) is 19.4. The average Bonchev–Trinajstić information content (AvgIpc) is 2.84. The summed E-state index contributed by atoms with van der Waals surface area (Å²) in [6.45, 7) is 11.7. The Hall–Kier alpha value is -4.31. The predicted octanol–water partition coefficient (Wildman–Crippen LogP) is 4.63. The molecule has 2 aromatic carbocycles. The molecule has 0 amide bonds. The molecule has 2 aromatic rings. The Morgan fingerprint density at radius 2 is 1.76 bits per heavy atom. The molecule has 0 heterocycles. The number of rotatable bonds is 11. The van der Waals surface area contributed by atoms with Gasteiger partial charge in [0.2, 0.25) is 0 Å². The highest BCUT2D eigenvalue weighted by molar-refractivity contribution is 5.98. The number of nitriles is 1. The van der Waals surface area contributed by atoms with Gasteiger partial charge >= 0.3 is 11.9 Å². The Bertz CT molecular complexity index is 1130. The van der Waals surface area contributed by atoms with E-state index in [4.69, 9.17) is 9.47 Å². The third kappa shape index (κ3) is 7.38. The molecule has 0 spiro atoms. The first kappa shape index (κ1) is 25.9. The van der Waals surface area contributed by atoms with Crippen molar-refractivity contribution in [2.45, 2.75) is 20.4 Å². The van der Waals surface area contributed by atoms with Gasteiger partial charge in [-0.3, -0.25) is 0 Å². The fourth-order valence-corrected chi connectivity index (χ4v) is 2.98. The van der Waals surface area contributed by atoms with Gasteiger partial charge in [0.1, 0.15) is 30.6 Å². The maximum Gasteiger partial charge on any atom is 0.349 e. The lowest BCUT2D eigenvalue weighted by atomic mass is 10.1. The van der Waals surface area contributed by atoms with Gasteiger partial charge in [-0.1, -0.05) is 43.5 Å². The second-order valence-electron chi connectivity index (χ2n) is 7.42. The van der Waals surface area contributed by atoms with Gasteiger partial charge in [0, 0.05) is 36.0 Å². The number of aromatic hydroxyl groups is 1. The van der Waals surface area contributed by atoms with Crippen molar-refractivity contribution < 1.29 is 24.2 Å². The van der Waals surface area contributed by atoms with Gasteiger partial charge in [-0.2, -0.15) is 5.26 Å². The molecule has 0 saturated carbocycles. The first-order valence-electron chi connectivity index (χ1n) is 10.7. The zero-order valence-electron chi connectivity index (χ0n) is 19.4. The van der Waals surface area contributed by atoms with Crippen molar-refractivity contribution in [1.29, 1.82) is 5.26 Å². The minimum Gasteiger partial charge on any atom is -0.507 e. The normalized spacial score (nSPS) is 10.7. The summed E-state index contributed by atoms with van der Waals surface area (Å²) in [6, 6.07) is 14.8. The molecule has 0 aliphatic carbocycles. The molecule has 7 nitrogen and oxygen atoms in total. The number of phenolic OH excluding ortho intramolecular Hbond substituents is 1. The van der Waals surface area contributed by atoms with Crippen molar-refractivity contribution in [2.24, 2.45) is 0 Å². The molecule has 0 aliphatic rings. The number of anilines is 1. The maximum atomic E-state index is 12.2. The summed E-state index contributed by atoms with van der Waals surface area (Å²) in [7, 11) is 0. The number of benzene rings is 2. The van der Waals surface area contributed by atoms with Crippen LogP contribution in [0.2, 0.25) is 0 Å². The van der Waals surface area contributed by atoms with E-state index in [0.717, 1.165) is 16.8 Å². The molecule has 0 fully saturated rings. The van der Waals surface area contributed by atoms with Gasteiger partial charge in [-0.05, 0) is 43.2 Å². The van der Waals surface area contributed by atoms with E-state index in [1.807, 2.05) is 37.3 Å². The van der Waals surface area contributed by atoms with E-state index in [-0.39, 0.29) is 30.1 Å². The lowest BCUT2D eigenvalue weighted by molar-refractivity contribution is -0.147. The monoisotopic (exact) mass is 460 g/mol. The average molecular weight is 461 g/mol. The fraction of sp³-hybridized carbons (Fsp3) is 0.222. The van der Waals surface area contributed by atoms with E-state index in [2.05, 4.69) is 18.1 Å². The topological polar surface area (TPSA) is 99.9 Å². The minimum atomic E-state index is -0.879. The molecule has 0 aliphatic heterocycles. The van der Waals surface area contributed by atoms with E-state index >= 15 is 0 Å². The first-order valence-corrected chi connectivity index (χ1v) is 10.7. The van der Waals surface area contributed by atoms with Crippen LogP contribution >= 0.6 is 0 Å². The summed E-state index contributed by atoms with van der Waals surface area (Å²) >= 11 is 0. The number of esters is 2. The number of hydrogen-bond acceptors (Lipinski definition) is 7. The minimum absolute atomic E-state index is 0.0751. The van der Waals surface area contributed by atoms with Crippen LogP contribution in [0.1, 0.15) is 30.5 Å². The summed E-state index contributed by atoms with van der Waals surface area (Å²) in [4.78, 5) is 25.6. The standard InChI is InChI=1S/C27H28N2O5/c1-5-20-7-9-21(10-8-20)18-29(6-2)24-12-11-22(25(30)16-24)15-23(17-28)27(32)34-14-13-33-26(31)19(3)4/h5,7-12,15-16,30H,1,3,6,13-14,18H2,2,4H3/b23-15+. The highest BCUT2D eigenvalue weighted by Gasteiger charge is 2.14. The first-order chi connectivity index (χ1) is 16.3. The molecule has 34 heavy (non-hydrogen) atoms. The van der Waals surface area contributed by atoms with Gasteiger partial charge in [0.15, 0.2) is 0 Å². The second-order valence-corrected chi connectivity index (χ2v) is 7.42. The summed E-state index contributed by atoms with van der Waals surface area (Å²) in [6.07, 6.45) is 3.04. The van der Waals surface area contributed by atoms with Crippen molar-refractivity contribution in [3.63, 3.8) is 0 Å². The van der Waals surface area contributed by atoms with Gasteiger partial charge in [0.05, 0.1) is 0 Å². The highest BCUT2D eigenvalue weighted by atomic mass is 16.6. The number of hydrogen-bond donors (Lipinski definition) is 1. The number of nitrogens with zero attached hydrogens (tertiary/aromatic N) is 2. The highest BCUT2D eigenvalue weighted by Crippen LogP contribution is 2.28. The summed E-state index contributed by atoms with van der Waals surface area (Å²) in [5.74, 6) is -1.54. The summed E-state index contributed by atoms with van der Waals surface area (Å²) < 4.78 is 9.80. The maximum absolute atomic E-state index is 12.2. The lowest BCUT2D eigenvalue weighted by Crippen LogP contribution is -2.21. The smallest absolute Gasteiger partial charge is 0.349 e. The van der Waals surface area contributed by atoms with Crippen molar-refractivity contribution in [3.8, 4) is 11.8 Å². The van der Waals surface area contributed by atoms with E-state index in [1.165, 1.54) is 13.0 Å². The molecule has 0 unspecified atom stereocenters. The Morgan fingerprint density at radius 3 is 2.29 bits per heavy atom. The van der Waals surface area contributed by atoms with Crippen molar-refractivity contribution in [1.82, 2.24) is 0 Å². The van der Waals surface area contributed by atoms with Crippen LogP contribution in [0.5, 0.6) is 5.75 Å². The Kier molecular flexibility index (Phi) is 9.66. The zero-order chi connectivity index (χ0) is 25.1. The fourth-order valence-electron chi connectivity index (χ4n) is 2.98. The molecule has 7 heteroatoms. The summed E-state index contributed by atoms with van der Waals surface area (Å²) in [5, 5.41) is 19.9. The number of phenols is 1. The molecule has 1 N–H and O–H groups in total. The quantitative estimate of drug-likeness (QED) is 0.226. The third-order valence-corrected chi connectivity index (χ3v) is 4.89. The molecule has 0 bridgehead atoms. The van der Waals surface area contributed by atoms with E-state index in [0.29, 0.717) is 18.7 Å². The lowest BCUT2D eigenvalue weighted by Gasteiger charge is -2.24. The Morgan fingerprint density at radius 1 is 1.12 bits per heavy atom. The van der Waals surface area contributed by atoms with Crippen LogP contribution in [-0.4, -0.2) is 36.8 Å². The van der Waals surface area contributed by atoms with Crippen molar-refractivity contribution >= 4 is 29.8 Å². The number of carbonyl (C=O) groups is 2. The summed E-state index contributed by atoms with van der Waals surface area (Å²) in [5.41, 5.74) is 3.20. The van der Waals surface area contributed by atoms with Crippen LogP contribution in [-0.2, 0) is 25.6 Å². The van der Waals surface area contributed by atoms with Gasteiger partial charge < -0.3 is 19.5 Å². The molecule has 0 radical (unpaired) electrons. The van der Waals surface area contributed by atoms with Gasteiger partial charge in [0.25, 0.3) is 0 Å². The van der Waals surface area contributed by atoms with Crippen LogP contribution in [0.3, 0.4) is 0 Å². The molecular weight excluding hydrogens is 432 g/mol. The second kappa shape index (κ2) is 12.7. The van der Waals surface area contributed by atoms with Crippen LogP contribution in [0, 0.1) is 11.3 Å². The van der Waals surface area contributed by atoms with Crippen molar-refractivity contribution in [3.05, 3.63) is 83.5 Å². The SMILES string of the molecule is C=Cc1ccc(CN(CC)c2ccc(/C=C(\C#N)C(=O)OCCOC(=O)C(=C)C)c(O)c2)cc1. The van der Waals surface area contributed by atoms with E-state index < -0.39 is 11.9 Å². The predicted molar refractivity (Wildman–Crippen MR) is 132 cm³/mol. The van der Waals surface area contributed by atoms with E-state index in [1.54, 1.807) is 24.3 Å². The molecule has 0 atom stereocenters. The number of ether oxygens (including phenoxy) is 2. The third-order valence-electron chi connectivity index (χ3n) is 4.89. The van der Waals surface area contributed by atoms with Crippen LogP contribution < -0.4 is 4.90 Å². The van der Waals surface area contributed by atoms with Crippen LogP contribution in [0.4, 0.5) is 5.69 Å². The molecule has 0 aromatic heterocycles. The number of carbonyl (C=O) groups excluding carboxylic acids is 2. The van der Waals surface area contributed by atoms with E-state index in [9.17, 15) is 20.0 Å².